The molecule has 0 spiro atoms. The highest BCUT2D eigenvalue weighted by molar-refractivity contribution is 5.97. The standard InChI is InChI=1S/C17H22F3N3O2.ClH/c1-10(21)15-5-3-4-6-23(15)16(25)12-7-13(17(18,19)20)9-14(8-12)22-11(2)24;/h7-10,15H,3-6,21H2,1-2H3,(H,22,24);1H. The average molecular weight is 394 g/mol. The van der Waals surface area contributed by atoms with E-state index in [-0.39, 0.29) is 35.7 Å². The number of nitrogens with two attached hydrogens (primary N) is 1. The summed E-state index contributed by atoms with van der Waals surface area (Å²) in [7, 11) is 0. The summed E-state index contributed by atoms with van der Waals surface area (Å²) in [6, 6.07) is 2.42. The van der Waals surface area contributed by atoms with Crippen LogP contribution in [0.1, 0.15) is 49.0 Å². The highest BCUT2D eigenvalue weighted by atomic mass is 35.5. The zero-order valence-corrected chi connectivity index (χ0v) is 15.4. The van der Waals surface area contributed by atoms with E-state index in [4.69, 9.17) is 5.73 Å². The molecule has 5 nitrogen and oxygen atoms in total. The number of halogens is 4. The molecule has 0 aliphatic carbocycles. The van der Waals surface area contributed by atoms with E-state index in [1.165, 1.54) is 13.0 Å². The smallest absolute Gasteiger partial charge is 0.334 e. The van der Waals surface area contributed by atoms with Gasteiger partial charge in [-0.1, -0.05) is 0 Å². The van der Waals surface area contributed by atoms with E-state index in [9.17, 15) is 22.8 Å². The minimum Gasteiger partial charge on any atom is -0.334 e. The molecular formula is C17H23ClF3N3O2. The van der Waals surface area contributed by atoms with Gasteiger partial charge in [-0.25, -0.2) is 0 Å². The third kappa shape index (κ3) is 5.35. The van der Waals surface area contributed by atoms with Crippen molar-refractivity contribution in [2.75, 3.05) is 11.9 Å². The van der Waals surface area contributed by atoms with E-state index in [1.807, 2.05) is 0 Å². The summed E-state index contributed by atoms with van der Waals surface area (Å²) < 4.78 is 39.4. The minimum atomic E-state index is -4.62. The van der Waals surface area contributed by atoms with Gasteiger partial charge in [0.05, 0.1) is 5.56 Å². The third-order valence-electron chi connectivity index (χ3n) is 4.24. The fourth-order valence-electron chi connectivity index (χ4n) is 3.11. The second kappa shape index (κ2) is 8.73. The second-order valence-corrected chi connectivity index (χ2v) is 6.40. The van der Waals surface area contributed by atoms with Gasteiger partial charge < -0.3 is 16.0 Å². The average Bonchev–Trinajstić information content (AvgIpc) is 2.52. The molecule has 1 aromatic rings. The summed E-state index contributed by atoms with van der Waals surface area (Å²) >= 11 is 0. The number of carbonyl (C=O) groups is 2. The molecule has 3 N–H and O–H groups in total. The number of rotatable bonds is 3. The van der Waals surface area contributed by atoms with E-state index in [2.05, 4.69) is 5.32 Å². The fraction of sp³-hybridized carbons (Fsp3) is 0.529. The van der Waals surface area contributed by atoms with Crippen molar-refractivity contribution in [2.24, 2.45) is 5.73 Å². The first-order valence-corrected chi connectivity index (χ1v) is 8.16. The van der Waals surface area contributed by atoms with Crippen LogP contribution < -0.4 is 11.1 Å². The monoisotopic (exact) mass is 393 g/mol. The molecule has 2 amide bonds. The number of hydrogen-bond donors (Lipinski definition) is 2. The van der Waals surface area contributed by atoms with E-state index in [1.54, 1.807) is 11.8 Å². The zero-order valence-electron chi connectivity index (χ0n) is 14.6. The van der Waals surface area contributed by atoms with Crippen molar-refractivity contribution in [2.45, 2.75) is 51.4 Å². The Balaban J connectivity index is 0.00000338. The van der Waals surface area contributed by atoms with Crippen LogP contribution in [-0.2, 0) is 11.0 Å². The molecule has 2 atom stereocenters. The first-order chi connectivity index (χ1) is 11.6. The van der Waals surface area contributed by atoms with Gasteiger partial charge >= 0.3 is 6.18 Å². The Labute approximate surface area is 156 Å². The van der Waals surface area contributed by atoms with Crippen LogP contribution in [-0.4, -0.2) is 35.3 Å². The Bertz CT molecular complexity index is 665. The van der Waals surface area contributed by atoms with Gasteiger partial charge in [0.1, 0.15) is 0 Å². The van der Waals surface area contributed by atoms with Gasteiger partial charge in [0.25, 0.3) is 5.91 Å². The van der Waals surface area contributed by atoms with Crippen LogP contribution >= 0.6 is 12.4 Å². The predicted molar refractivity (Wildman–Crippen MR) is 95.3 cm³/mol. The molecule has 0 radical (unpaired) electrons. The molecule has 0 saturated carbocycles. The maximum Gasteiger partial charge on any atom is 0.416 e. The van der Waals surface area contributed by atoms with Gasteiger partial charge in [0.2, 0.25) is 5.91 Å². The van der Waals surface area contributed by atoms with Gasteiger partial charge in [-0.15, -0.1) is 12.4 Å². The van der Waals surface area contributed by atoms with Crippen molar-refractivity contribution in [3.8, 4) is 0 Å². The second-order valence-electron chi connectivity index (χ2n) is 6.40. The number of nitrogens with one attached hydrogen (secondary N) is 1. The van der Waals surface area contributed by atoms with Crippen LogP contribution in [0.15, 0.2) is 18.2 Å². The summed E-state index contributed by atoms with van der Waals surface area (Å²) in [5.74, 6) is -1.01. The van der Waals surface area contributed by atoms with Crippen molar-refractivity contribution in [3.05, 3.63) is 29.3 Å². The predicted octanol–water partition coefficient (Wildman–Crippen LogP) is 3.43. The number of alkyl halides is 3. The number of carbonyl (C=O) groups excluding carboxylic acids is 2. The Hall–Kier alpha value is -1.80. The number of hydrogen-bond acceptors (Lipinski definition) is 3. The molecule has 0 aromatic heterocycles. The summed E-state index contributed by atoms with van der Waals surface area (Å²) in [4.78, 5) is 25.6. The van der Waals surface area contributed by atoms with Crippen molar-refractivity contribution in [3.63, 3.8) is 0 Å². The molecule has 0 bridgehead atoms. The summed E-state index contributed by atoms with van der Waals surface area (Å²) in [6.45, 7) is 3.43. The molecule has 1 heterocycles. The van der Waals surface area contributed by atoms with Crippen LogP contribution in [0.4, 0.5) is 18.9 Å². The van der Waals surface area contributed by atoms with E-state index in [0.29, 0.717) is 6.54 Å². The highest BCUT2D eigenvalue weighted by Crippen LogP contribution is 2.33. The van der Waals surface area contributed by atoms with Crippen molar-refractivity contribution in [1.29, 1.82) is 0 Å². The lowest BCUT2D eigenvalue weighted by atomic mass is 9.95. The lowest BCUT2D eigenvalue weighted by Crippen LogP contribution is -2.51. The quantitative estimate of drug-likeness (QED) is 0.826. The first kappa shape index (κ1) is 22.2. The van der Waals surface area contributed by atoms with E-state index >= 15 is 0 Å². The lowest BCUT2D eigenvalue weighted by Gasteiger charge is -2.38. The molecule has 1 aliphatic rings. The van der Waals surface area contributed by atoms with Gasteiger partial charge in [-0.3, -0.25) is 9.59 Å². The van der Waals surface area contributed by atoms with E-state index in [0.717, 1.165) is 31.4 Å². The maximum atomic E-state index is 13.1. The van der Waals surface area contributed by atoms with Crippen molar-refractivity contribution < 1.29 is 22.8 Å². The largest absolute Gasteiger partial charge is 0.416 e. The zero-order chi connectivity index (χ0) is 18.8. The Morgan fingerprint density at radius 2 is 1.92 bits per heavy atom. The van der Waals surface area contributed by atoms with Gasteiger partial charge in [-0.2, -0.15) is 13.2 Å². The number of piperidine rings is 1. The molecule has 1 aliphatic heterocycles. The van der Waals surface area contributed by atoms with Gasteiger partial charge in [0.15, 0.2) is 0 Å². The summed E-state index contributed by atoms with van der Waals surface area (Å²) in [5.41, 5.74) is 4.80. The minimum absolute atomic E-state index is 0. The maximum absolute atomic E-state index is 13.1. The summed E-state index contributed by atoms with van der Waals surface area (Å²) in [5, 5.41) is 2.32. The topological polar surface area (TPSA) is 75.4 Å². The molecular weight excluding hydrogens is 371 g/mol. The molecule has 1 saturated heterocycles. The molecule has 2 unspecified atom stereocenters. The number of anilines is 1. The third-order valence-corrected chi connectivity index (χ3v) is 4.24. The van der Waals surface area contributed by atoms with E-state index < -0.39 is 23.6 Å². The van der Waals surface area contributed by atoms with Crippen LogP contribution in [0.25, 0.3) is 0 Å². The van der Waals surface area contributed by atoms with Crippen LogP contribution in [0.2, 0.25) is 0 Å². The van der Waals surface area contributed by atoms with Crippen LogP contribution in [0.3, 0.4) is 0 Å². The molecule has 146 valence electrons. The molecule has 26 heavy (non-hydrogen) atoms. The number of likely N-dealkylation sites (tertiary alicyclic amines) is 1. The highest BCUT2D eigenvalue weighted by Gasteiger charge is 2.34. The van der Waals surface area contributed by atoms with Crippen molar-refractivity contribution in [1.82, 2.24) is 4.90 Å². The van der Waals surface area contributed by atoms with Gasteiger partial charge in [-0.05, 0) is 44.4 Å². The number of nitrogens with zero attached hydrogens (tertiary/aromatic N) is 1. The molecule has 2 rings (SSSR count). The Morgan fingerprint density at radius 3 is 2.46 bits per heavy atom. The first-order valence-electron chi connectivity index (χ1n) is 8.16. The molecule has 9 heteroatoms. The molecule has 1 fully saturated rings. The Morgan fingerprint density at radius 1 is 1.27 bits per heavy atom. The SMILES string of the molecule is CC(=O)Nc1cc(C(=O)N2CCCCC2C(C)N)cc(C(F)(F)F)c1.Cl. The van der Waals surface area contributed by atoms with Crippen molar-refractivity contribution >= 4 is 29.9 Å². The van der Waals surface area contributed by atoms with Crippen LogP contribution in [0, 0.1) is 0 Å². The lowest BCUT2D eigenvalue weighted by molar-refractivity contribution is -0.137. The summed E-state index contributed by atoms with van der Waals surface area (Å²) in [6.07, 6.45) is -2.19. The normalized spacial score (nSPS) is 18.7. The Kier molecular flexibility index (Phi) is 7.46. The van der Waals surface area contributed by atoms with Gasteiger partial charge in [0, 0.05) is 36.8 Å². The van der Waals surface area contributed by atoms with Crippen LogP contribution in [0.5, 0.6) is 0 Å². The molecule has 1 aromatic carbocycles. The number of benzene rings is 1. The number of amides is 2. The fourth-order valence-corrected chi connectivity index (χ4v) is 3.11.